The third-order valence-corrected chi connectivity index (χ3v) is 5.41. The summed E-state index contributed by atoms with van der Waals surface area (Å²) >= 11 is 0. The topological polar surface area (TPSA) is 91.6 Å². The van der Waals surface area contributed by atoms with Crippen LogP contribution in [0, 0.1) is 5.92 Å². The number of pyridine rings is 1. The van der Waals surface area contributed by atoms with E-state index < -0.39 is 12.0 Å². The van der Waals surface area contributed by atoms with Crippen molar-refractivity contribution in [2.45, 2.75) is 24.9 Å². The van der Waals surface area contributed by atoms with Gasteiger partial charge in [-0.25, -0.2) is 9.59 Å². The second kappa shape index (κ2) is 6.90. The predicted octanol–water partition coefficient (Wildman–Crippen LogP) is 1.80. The highest BCUT2D eigenvalue weighted by Crippen LogP contribution is 2.35. The molecule has 140 valence electrons. The van der Waals surface area contributed by atoms with Gasteiger partial charge in [-0.3, -0.25) is 4.79 Å². The van der Waals surface area contributed by atoms with Gasteiger partial charge >= 0.3 is 12.0 Å². The van der Waals surface area contributed by atoms with Gasteiger partial charge in [0.2, 0.25) is 0 Å². The van der Waals surface area contributed by atoms with Crippen molar-refractivity contribution in [3.05, 3.63) is 70.1 Å². The predicted molar refractivity (Wildman–Crippen MR) is 98.5 cm³/mol. The van der Waals surface area contributed by atoms with E-state index in [2.05, 4.69) is 5.32 Å². The van der Waals surface area contributed by atoms with Gasteiger partial charge in [-0.15, -0.1) is 0 Å². The zero-order chi connectivity index (χ0) is 19.0. The van der Waals surface area contributed by atoms with Crippen molar-refractivity contribution in [1.82, 2.24) is 14.8 Å². The van der Waals surface area contributed by atoms with Crippen LogP contribution >= 0.6 is 0 Å². The van der Waals surface area contributed by atoms with E-state index in [1.165, 1.54) is 0 Å². The average Bonchev–Trinajstić information content (AvgIpc) is 2.67. The van der Waals surface area contributed by atoms with Crippen molar-refractivity contribution in [1.29, 1.82) is 0 Å². The number of carboxylic acids is 1. The van der Waals surface area contributed by atoms with Crippen molar-refractivity contribution in [3.63, 3.8) is 0 Å². The summed E-state index contributed by atoms with van der Waals surface area (Å²) in [6.45, 7) is 1.59. The van der Waals surface area contributed by atoms with Gasteiger partial charge in [-0.2, -0.15) is 0 Å². The van der Waals surface area contributed by atoms with Crippen molar-refractivity contribution >= 4 is 12.0 Å². The fourth-order valence-corrected chi connectivity index (χ4v) is 4.21. The number of fused-ring (bicyclic) bond motifs is 4. The molecule has 2 amide bonds. The van der Waals surface area contributed by atoms with Gasteiger partial charge in [-0.05, 0) is 24.0 Å². The minimum absolute atomic E-state index is 0.00452. The molecule has 1 aromatic carbocycles. The number of benzene rings is 1. The standard InChI is InChI=1S/C20H21N3O4/c24-17-8-4-7-16-15-9-13(11-23(16)17)10-22(12-15)20(27)21-18(19(25)26)14-5-2-1-3-6-14/h1-8,13,15,18H,9-12H2,(H,21,27)(H,25,26)/t13-,15-,18-/m0/s1. The number of nitrogens with one attached hydrogen (secondary N) is 1. The van der Waals surface area contributed by atoms with E-state index in [-0.39, 0.29) is 23.4 Å². The number of hydrogen-bond acceptors (Lipinski definition) is 3. The van der Waals surface area contributed by atoms with Crippen molar-refractivity contribution in [3.8, 4) is 0 Å². The van der Waals surface area contributed by atoms with E-state index in [0.717, 1.165) is 12.1 Å². The lowest BCUT2D eigenvalue weighted by Crippen LogP contribution is -2.52. The van der Waals surface area contributed by atoms with Gasteiger partial charge < -0.3 is 19.9 Å². The molecule has 7 nitrogen and oxygen atoms in total. The van der Waals surface area contributed by atoms with Crippen molar-refractivity contribution in [2.75, 3.05) is 13.1 Å². The van der Waals surface area contributed by atoms with E-state index >= 15 is 0 Å². The quantitative estimate of drug-likeness (QED) is 0.865. The van der Waals surface area contributed by atoms with Crippen LogP contribution in [0.15, 0.2) is 53.3 Å². The summed E-state index contributed by atoms with van der Waals surface area (Å²) in [5.74, 6) is -0.803. The fourth-order valence-electron chi connectivity index (χ4n) is 4.21. The Balaban J connectivity index is 1.52. The highest BCUT2D eigenvalue weighted by molar-refractivity contribution is 5.83. The van der Waals surface area contributed by atoms with Crippen LogP contribution in [-0.4, -0.2) is 39.7 Å². The lowest BCUT2D eigenvalue weighted by Gasteiger charge is -2.42. The second-order valence-corrected chi connectivity index (χ2v) is 7.23. The summed E-state index contributed by atoms with van der Waals surface area (Å²) in [7, 11) is 0. The van der Waals surface area contributed by atoms with E-state index in [1.807, 2.05) is 6.07 Å². The molecule has 2 aliphatic heterocycles. The Morgan fingerprint density at radius 3 is 2.56 bits per heavy atom. The molecule has 2 aromatic rings. The molecule has 3 atom stereocenters. The molecule has 2 aliphatic rings. The summed E-state index contributed by atoms with van der Waals surface area (Å²) in [6, 6.07) is 12.5. The van der Waals surface area contributed by atoms with Crippen LogP contribution in [-0.2, 0) is 11.3 Å². The van der Waals surface area contributed by atoms with Crippen LogP contribution < -0.4 is 10.9 Å². The smallest absolute Gasteiger partial charge is 0.330 e. The number of carbonyl (C=O) groups excluding carboxylic acids is 1. The number of amides is 2. The van der Waals surface area contributed by atoms with Gasteiger partial charge in [-0.1, -0.05) is 36.4 Å². The Bertz CT molecular complexity index is 924. The molecule has 0 radical (unpaired) electrons. The number of likely N-dealkylation sites (tertiary alicyclic amines) is 1. The summed E-state index contributed by atoms with van der Waals surface area (Å²) in [5, 5.41) is 12.2. The zero-order valence-electron chi connectivity index (χ0n) is 14.7. The van der Waals surface area contributed by atoms with Crippen molar-refractivity contribution in [2.24, 2.45) is 5.92 Å². The van der Waals surface area contributed by atoms with Gasteiger partial charge in [0.25, 0.3) is 5.56 Å². The molecule has 1 fully saturated rings. The number of carboxylic acid groups (broad SMARTS) is 1. The normalized spacial score (nSPS) is 21.9. The molecular formula is C20H21N3O4. The molecule has 1 saturated heterocycles. The molecule has 27 heavy (non-hydrogen) atoms. The molecule has 4 rings (SSSR count). The highest BCUT2D eigenvalue weighted by atomic mass is 16.4. The molecule has 0 aliphatic carbocycles. The number of hydrogen-bond donors (Lipinski definition) is 2. The van der Waals surface area contributed by atoms with Crippen LogP contribution in [0.4, 0.5) is 4.79 Å². The number of rotatable bonds is 3. The summed E-state index contributed by atoms with van der Waals surface area (Å²) in [6.07, 6.45) is 0.939. The van der Waals surface area contributed by atoms with E-state index in [4.69, 9.17) is 0 Å². The Morgan fingerprint density at radius 2 is 1.81 bits per heavy atom. The Hall–Kier alpha value is -3.09. The molecule has 2 bridgehead atoms. The maximum absolute atomic E-state index is 12.8. The second-order valence-electron chi connectivity index (χ2n) is 7.23. The average molecular weight is 367 g/mol. The number of nitrogens with zero attached hydrogens (tertiary/aromatic N) is 2. The molecule has 0 spiro atoms. The minimum atomic E-state index is -1.09. The van der Waals surface area contributed by atoms with Crippen LogP contribution in [0.1, 0.15) is 29.6 Å². The molecule has 3 heterocycles. The Morgan fingerprint density at radius 1 is 1.04 bits per heavy atom. The van der Waals surface area contributed by atoms with Crippen LogP contribution in [0.5, 0.6) is 0 Å². The van der Waals surface area contributed by atoms with Crippen LogP contribution in [0.2, 0.25) is 0 Å². The number of piperidine rings is 1. The number of urea groups is 1. The van der Waals surface area contributed by atoms with Gasteiger partial charge in [0.05, 0.1) is 0 Å². The summed E-state index contributed by atoms with van der Waals surface area (Å²) in [4.78, 5) is 38.2. The summed E-state index contributed by atoms with van der Waals surface area (Å²) < 4.78 is 1.80. The maximum atomic E-state index is 12.8. The largest absolute Gasteiger partial charge is 0.479 e. The third kappa shape index (κ3) is 3.32. The summed E-state index contributed by atoms with van der Waals surface area (Å²) in [5.41, 5.74) is 1.48. The number of aromatic nitrogens is 1. The first-order chi connectivity index (χ1) is 13.0. The molecule has 2 N–H and O–H groups in total. The molecule has 7 heteroatoms. The van der Waals surface area contributed by atoms with E-state index in [0.29, 0.717) is 25.2 Å². The van der Waals surface area contributed by atoms with Crippen molar-refractivity contribution < 1.29 is 14.7 Å². The first-order valence-electron chi connectivity index (χ1n) is 9.06. The molecule has 1 aromatic heterocycles. The van der Waals surface area contributed by atoms with E-state index in [1.54, 1.807) is 51.9 Å². The first-order valence-corrected chi connectivity index (χ1v) is 9.06. The lowest BCUT2D eigenvalue weighted by molar-refractivity contribution is -0.139. The Labute approximate surface area is 156 Å². The van der Waals surface area contributed by atoms with Crippen LogP contribution in [0.3, 0.4) is 0 Å². The zero-order valence-corrected chi connectivity index (χ0v) is 14.7. The Kier molecular flexibility index (Phi) is 4.43. The maximum Gasteiger partial charge on any atom is 0.330 e. The third-order valence-electron chi connectivity index (χ3n) is 5.41. The minimum Gasteiger partial charge on any atom is -0.479 e. The number of carbonyl (C=O) groups is 2. The molecular weight excluding hydrogens is 346 g/mol. The van der Waals surface area contributed by atoms with Crippen LogP contribution in [0.25, 0.3) is 0 Å². The fraction of sp³-hybridized carbons (Fsp3) is 0.350. The van der Waals surface area contributed by atoms with E-state index in [9.17, 15) is 19.5 Å². The monoisotopic (exact) mass is 367 g/mol. The van der Waals surface area contributed by atoms with Gasteiger partial charge in [0.15, 0.2) is 6.04 Å². The molecule has 0 unspecified atom stereocenters. The SMILES string of the molecule is O=C(O)[C@@H](NC(=O)N1C[C@@H]2C[C@@H](C1)c1cccc(=O)n1C2)c1ccccc1. The highest BCUT2D eigenvalue weighted by Gasteiger charge is 2.37. The molecule has 0 saturated carbocycles. The first kappa shape index (κ1) is 17.3. The van der Waals surface area contributed by atoms with Gasteiger partial charge in [0, 0.05) is 37.3 Å². The number of aliphatic carboxylic acids is 1. The lowest BCUT2D eigenvalue weighted by atomic mass is 9.83. The van der Waals surface area contributed by atoms with Gasteiger partial charge in [0.1, 0.15) is 0 Å².